The van der Waals surface area contributed by atoms with Crippen molar-refractivity contribution in [1.29, 1.82) is 0 Å². The van der Waals surface area contributed by atoms with E-state index in [2.05, 4.69) is 29.3 Å². The first kappa shape index (κ1) is 17.5. The van der Waals surface area contributed by atoms with Gasteiger partial charge in [0, 0.05) is 24.5 Å². The van der Waals surface area contributed by atoms with Gasteiger partial charge in [-0.05, 0) is 60.7 Å². The monoisotopic (exact) mass is 337 g/mol. The van der Waals surface area contributed by atoms with Gasteiger partial charge in [0.05, 0.1) is 6.42 Å². The molecule has 4 heteroatoms. The molecule has 1 aliphatic heterocycles. The Morgan fingerprint density at radius 3 is 2.48 bits per heavy atom. The van der Waals surface area contributed by atoms with Crippen LogP contribution in [0.15, 0.2) is 48.5 Å². The Hall–Kier alpha value is -2.33. The van der Waals surface area contributed by atoms with E-state index < -0.39 is 0 Å². The maximum absolute atomic E-state index is 12.2. The molecular formula is C21H27N3O. The predicted molar refractivity (Wildman–Crippen MR) is 103 cm³/mol. The van der Waals surface area contributed by atoms with E-state index in [1.807, 2.05) is 36.4 Å². The number of likely N-dealkylation sites (tertiary alicyclic amines) is 1. The van der Waals surface area contributed by atoms with Crippen LogP contribution in [0, 0.1) is 5.92 Å². The normalized spacial score (nSPS) is 18.0. The van der Waals surface area contributed by atoms with E-state index in [0.29, 0.717) is 12.1 Å². The molecule has 1 atom stereocenters. The van der Waals surface area contributed by atoms with E-state index in [-0.39, 0.29) is 5.91 Å². The lowest BCUT2D eigenvalue weighted by Crippen LogP contribution is -2.33. The van der Waals surface area contributed by atoms with Crippen molar-refractivity contribution in [2.45, 2.75) is 32.7 Å². The summed E-state index contributed by atoms with van der Waals surface area (Å²) in [5.74, 6) is 0.781. The van der Waals surface area contributed by atoms with E-state index in [1.165, 1.54) is 31.5 Å². The average Bonchev–Trinajstić information content (AvgIpc) is 2.59. The fraction of sp³-hybridized carbons (Fsp3) is 0.381. The number of piperidine rings is 1. The summed E-state index contributed by atoms with van der Waals surface area (Å²) in [5.41, 5.74) is 9.48. The van der Waals surface area contributed by atoms with Gasteiger partial charge in [-0.2, -0.15) is 0 Å². The second-order valence-corrected chi connectivity index (χ2v) is 7.15. The number of nitrogens with one attached hydrogen (secondary N) is 1. The lowest BCUT2D eigenvalue weighted by molar-refractivity contribution is -0.115. The minimum atomic E-state index is -0.0117. The van der Waals surface area contributed by atoms with Gasteiger partial charge in [0.15, 0.2) is 0 Å². The van der Waals surface area contributed by atoms with Crippen LogP contribution < -0.4 is 11.1 Å². The molecule has 3 rings (SSSR count). The number of benzene rings is 2. The maximum atomic E-state index is 12.2. The Labute approximate surface area is 150 Å². The number of carbonyl (C=O) groups excluding carboxylic acids is 1. The van der Waals surface area contributed by atoms with Crippen molar-refractivity contribution in [1.82, 2.24) is 4.90 Å². The van der Waals surface area contributed by atoms with Gasteiger partial charge in [-0.25, -0.2) is 0 Å². The molecule has 3 N–H and O–H groups in total. The fourth-order valence-electron chi connectivity index (χ4n) is 3.41. The molecule has 1 heterocycles. The molecule has 1 saturated heterocycles. The van der Waals surface area contributed by atoms with E-state index in [9.17, 15) is 4.79 Å². The number of nitrogen functional groups attached to an aromatic ring is 1. The molecule has 0 bridgehead atoms. The van der Waals surface area contributed by atoms with E-state index in [1.54, 1.807) is 0 Å². The molecule has 132 valence electrons. The molecule has 0 saturated carbocycles. The smallest absolute Gasteiger partial charge is 0.228 e. The van der Waals surface area contributed by atoms with Gasteiger partial charge < -0.3 is 11.1 Å². The Morgan fingerprint density at radius 2 is 1.80 bits per heavy atom. The van der Waals surface area contributed by atoms with Crippen LogP contribution in [0.2, 0.25) is 0 Å². The summed E-state index contributed by atoms with van der Waals surface area (Å²) in [6, 6.07) is 15.6. The van der Waals surface area contributed by atoms with Crippen molar-refractivity contribution in [3.8, 4) is 0 Å². The number of nitrogens with zero attached hydrogens (tertiary/aromatic N) is 1. The van der Waals surface area contributed by atoms with Crippen LogP contribution >= 0.6 is 0 Å². The molecule has 0 aliphatic carbocycles. The number of rotatable bonds is 5. The van der Waals surface area contributed by atoms with Gasteiger partial charge in [-0.15, -0.1) is 0 Å². The van der Waals surface area contributed by atoms with Crippen molar-refractivity contribution in [2.24, 2.45) is 5.92 Å². The lowest BCUT2D eigenvalue weighted by atomic mass is 10.00. The molecule has 0 aromatic heterocycles. The average molecular weight is 337 g/mol. The number of anilines is 2. The lowest BCUT2D eigenvalue weighted by Gasteiger charge is -2.30. The topological polar surface area (TPSA) is 58.4 Å². The van der Waals surface area contributed by atoms with Gasteiger partial charge in [0.25, 0.3) is 0 Å². The van der Waals surface area contributed by atoms with Gasteiger partial charge in [-0.3, -0.25) is 9.69 Å². The fourth-order valence-corrected chi connectivity index (χ4v) is 3.41. The second kappa shape index (κ2) is 8.17. The molecule has 1 amide bonds. The van der Waals surface area contributed by atoms with Gasteiger partial charge in [-0.1, -0.05) is 31.2 Å². The summed E-state index contributed by atoms with van der Waals surface area (Å²) in [5, 5.41) is 2.96. The highest BCUT2D eigenvalue weighted by atomic mass is 16.1. The number of hydrogen-bond acceptors (Lipinski definition) is 3. The van der Waals surface area contributed by atoms with E-state index in [4.69, 9.17) is 5.73 Å². The van der Waals surface area contributed by atoms with Crippen LogP contribution in [0.1, 0.15) is 30.9 Å². The van der Waals surface area contributed by atoms with Crippen LogP contribution in [-0.4, -0.2) is 23.9 Å². The van der Waals surface area contributed by atoms with Crippen LogP contribution in [0.3, 0.4) is 0 Å². The molecule has 1 unspecified atom stereocenters. The van der Waals surface area contributed by atoms with Crippen LogP contribution in [-0.2, 0) is 17.8 Å². The molecule has 0 radical (unpaired) electrons. The first-order chi connectivity index (χ1) is 12.1. The van der Waals surface area contributed by atoms with Crippen LogP contribution in [0.5, 0.6) is 0 Å². The molecule has 4 nitrogen and oxygen atoms in total. The first-order valence-electron chi connectivity index (χ1n) is 9.04. The molecule has 1 aliphatic rings. The Balaban J connectivity index is 1.51. The minimum Gasteiger partial charge on any atom is -0.399 e. The van der Waals surface area contributed by atoms with Crippen molar-refractivity contribution in [3.05, 3.63) is 59.7 Å². The zero-order valence-corrected chi connectivity index (χ0v) is 14.9. The highest BCUT2D eigenvalue weighted by molar-refractivity contribution is 5.92. The van der Waals surface area contributed by atoms with Crippen molar-refractivity contribution >= 4 is 17.3 Å². The van der Waals surface area contributed by atoms with Crippen molar-refractivity contribution in [2.75, 3.05) is 24.1 Å². The summed E-state index contributed by atoms with van der Waals surface area (Å²) < 4.78 is 0. The van der Waals surface area contributed by atoms with E-state index >= 15 is 0 Å². The molecule has 0 spiro atoms. The Kier molecular flexibility index (Phi) is 5.71. The van der Waals surface area contributed by atoms with Gasteiger partial charge in [0.2, 0.25) is 5.91 Å². The third-order valence-electron chi connectivity index (χ3n) is 4.73. The van der Waals surface area contributed by atoms with E-state index in [0.717, 1.165) is 23.7 Å². The number of amides is 1. The van der Waals surface area contributed by atoms with Crippen molar-refractivity contribution < 1.29 is 4.79 Å². The SMILES string of the molecule is CC1CCCN(Cc2ccc(NC(=O)Cc3ccc(N)cc3)cc2)C1. The molecule has 1 fully saturated rings. The quantitative estimate of drug-likeness (QED) is 0.818. The first-order valence-corrected chi connectivity index (χ1v) is 9.04. The maximum Gasteiger partial charge on any atom is 0.228 e. The highest BCUT2D eigenvalue weighted by Crippen LogP contribution is 2.19. The standard InChI is InChI=1S/C21H27N3O/c1-16-3-2-12-24(14-16)15-18-6-10-20(11-7-18)23-21(25)13-17-4-8-19(22)9-5-17/h4-11,16H,2-3,12-15,22H2,1H3,(H,23,25). The third-order valence-corrected chi connectivity index (χ3v) is 4.73. The number of nitrogens with two attached hydrogens (primary N) is 1. The van der Waals surface area contributed by atoms with Crippen molar-refractivity contribution in [3.63, 3.8) is 0 Å². The minimum absolute atomic E-state index is 0.0117. The van der Waals surface area contributed by atoms with Crippen LogP contribution in [0.4, 0.5) is 11.4 Å². The highest BCUT2D eigenvalue weighted by Gasteiger charge is 2.16. The summed E-state index contributed by atoms with van der Waals surface area (Å²) in [4.78, 5) is 14.7. The zero-order chi connectivity index (χ0) is 17.6. The van der Waals surface area contributed by atoms with Crippen LogP contribution in [0.25, 0.3) is 0 Å². The molecule has 2 aromatic rings. The molecule has 2 aromatic carbocycles. The predicted octanol–water partition coefficient (Wildman–Crippen LogP) is 3.68. The van der Waals surface area contributed by atoms with Gasteiger partial charge in [0.1, 0.15) is 0 Å². The summed E-state index contributed by atoms with van der Waals surface area (Å²) >= 11 is 0. The summed E-state index contributed by atoms with van der Waals surface area (Å²) in [6.45, 7) is 5.68. The Bertz CT molecular complexity index is 694. The number of carbonyl (C=O) groups is 1. The third kappa shape index (κ3) is 5.33. The zero-order valence-electron chi connectivity index (χ0n) is 14.9. The Morgan fingerprint density at radius 1 is 1.12 bits per heavy atom. The largest absolute Gasteiger partial charge is 0.399 e. The molecule has 25 heavy (non-hydrogen) atoms. The number of hydrogen-bond donors (Lipinski definition) is 2. The second-order valence-electron chi connectivity index (χ2n) is 7.15. The van der Waals surface area contributed by atoms with Gasteiger partial charge >= 0.3 is 0 Å². The molecular weight excluding hydrogens is 310 g/mol. The summed E-state index contributed by atoms with van der Waals surface area (Å²) in [6.07, 6.45) is 2.99. The summed E-state index contributed by atoms with van der Waals surface area (Å²) in [7, 11) is 0.